The predicted octanol–water partition coefficient (Wildman–Crippen LogP) is 3.25. The van der Waals surface area contributed by atoms with Gasteiger partial charge >= 0.3 is 0 Å². The first-order valence-corrected chi connectivity index (χ1v) is 5.29. The van der Waals surface area contributed by atoms with Crippen LogP contribution >= 0.6 is 15.9 Å². The molecule has 0 saturated carbocycles. The monoisotopic (exact) mass is 257 g/mol. The zero-order valence-electron chi connectivity index (χ0n) is 8.06. The van der Waals surface area contributed by atoms with Gasteiger partial charge in [-0.1, -0.05) is 28.1 Å². The van der Waals surface area contributed by atoms with E-state index in [4.69, 9.17) is 0 Å². The third-order valence-electron chi connectivity index (χ3n) is 1.82. The molecule has 0 aromatic heterocycles. The van der Waals surface area contributed by atoms with Gasteiger partial charge in [-0.2, -0.15) is 0 Å². The van der Waals surface area contributed by atoms with Crippen LogP contribution in [0, 0.1) is 5.82 Å². The molecule has 0 spiro atoms. The van der Waals surface area contributed by atoms with E-state index in [1.807, 2.05) is 19.1 Å². The van der Waals surface area contributed by atoms with Crippen molar-refractivity contribution in [1.82, 2.24) is 5.32 Å². The Morgan fingerprint density at radius 3 is 3.00 bits per heavy atom. The summed E-state index contributed by atoms with van der Waals surface area (Å²) in [6, 6.07) is 4.96. The SMILES string of the molecule is C/C=C/CNCc1cc(Br)ccc1F. The quantitative estimate of drug-likeness (QED) is 0.645. The molecule has 0 aliphatic heterocycles. The van der Waals surface area contributed by atoms with Crippen molar-refractivity contribution in [3.8, 4) is 0 Å². The van der Waals surface area contributed by atoms with E-state index in [-0.39, 0.29) is 5.82 Å². The number of hydrogen-bond donors (Lipinski definition) is 1. The Hall–Kier alpha value is -0.670. The van der Waals surface area contributed by atoms with Crippen LogP contribution in [0.2, 0.25) is 0 Å². The van der Waals surface area contributed by atoms with Gasteiger partial charge in [0.2, 0.25) is 0 Å². The summed E-state index contributed by atoms with van der Waals surface area (Å²) in [4.78, 5) is 0. The second-order valence-electron chi connectivity index (χ2n) is 2.94. The maximum Gasteiger partial charge on any atom is 0.127 e. The number of rotatable bonds is 4. The minimum Gasteiger partial charge on any atom is -0.309 e. The summed E-state index contributed by atoms with van der Waals surface area (Å²) in [5.74, 6) is -0.166. The van der Waals surface area contributed by atoms with Crippen molar-refractivity contribution in [1.29, 1.82) is 0 Å². The fourth-order valence-electron chi connectivity index (χ4n) is 1.09. The standard InChI is InChI=1S/C11H13BrFN/c1-2-3-6-14-8-9-7-10(12)4-5-11(9)13/h2-5,7,14H,6,8H2,1H3/b3-2+. The normalized spacial score (nSPS) is 11.1. The molecule has 0 fully saturated rings. The van der Waals surface area contributed by atoms with Crippen LogP contribution in [0.4, 0.5) is 4.39 Å². The van der Waals surface area contributed by atoms with Gasteiger partial charge in [0.1, 0.15) is 5.82 Å². The van der Waals surface area contributed by atoms with Gasteiger partial charge in [0.15, 0.2) is 0 Å². The van der Waals surface area contributed by atoms with E-state index in [9.17, 15) is 4.39 Å². The lowest BCUT2D eigenvalue weighted by Gasteiger charge is -2.04. The molecule has 1 N–H and O–H groups in total. The van der Waals surface area contributed by atoms with Crippen LogP contribution in [0.15, 0.2) is 34.8 Å². The highest BCUT2D eigenvalue weighted by molar-refractivity contribution is 9.10. The summed E-state index contributed by atoms with van der Waals surface area (Å²) < 4.78 is 14.1. The van der Waals surface area contributed by atoms with E-state index in [1.165, 1.54) is 6.07 Å². The predicted molar refractivity (Wildman–Crippen MR) is 60.6 cm³/mol. The average Bonchev–Trinajstić information content (AvgIpc) is 2.18. The van der Waals surface area contributed by atoms with E-state index < -0.39 is 0 Å². The summed E-state index contributed by atoms with van der Waals surface area (Å²) in [6.45, 7) is 3.28. The first kappa shape index (κ1) is 11.4. The molecule has 0 atom stereocenters. The molecule has 0 unspecified atom stereocenters. The Balaban J connectivity index is 2.53. The summed E-state index contributed by atoms with van der Waals surface area (Å²) in [5, 5.41) is 3.12. The molecule has 1 aromatic carbocycles. The molecule has 14 heavy (non-hydrogen) atoms. The van der Waals surface area contributed by atoms with Crippen LogP contribution in [-0.2, 0) is 6.54 Å². The van der Waals surface area contributed by atoms with E-state index in [1.54, 1.807) is 12.1 Å². The van der Waals surface area contributed by atoms with Crippen LogP contribution in [0.3, 0.4) is 0 Å². The molecule has 0 saturated heterocycles. The van der Waals surface area contributed by atoms with Gasteiger partial charge in [-0.25, -0.2) is 4.39 Å². The van der Waals surface area contributed by atoms with Crippen LogP contribution in [0.25, 0.3) is 0 Å². The van der Waals surface area contributed by atoms with Gasteiger partial charge in [0, 0.05) is 23.1 Å². The summed E-state index contributed by atoms with van der Waals surface area (Å²) >= 11 is 3.31. The minimum atomic E-state index is -0.166. The van der Waals surface area contributed by atoms with Gasteiger partial charge in [0.25, 0.3) is 0 Å². The second kappa shape index (κ2) is 5.94. The molecule has 3 heteroatoms. The number of allylic oxidation sites excluding steroid dienone is 1. The lowest BCUT2D eigenvalue weighted by molar-refractivity contribution is 0.596. The molecule has 0 aliphatic carbocycles. The summed E-state index contributed by atoms with van der Waals surface area (Å²) in [7, 11) is 0. The van der Waals surface area contributed by atoms with Crippen LogP contribution in [0.5, 0.6) is 0 Å². The largest absolute Gasteiger partial charge is 0.309 e. The van der Waals surface area contributed by atoms with E-state index in [0.29, 0.717) is 12.1 Å². The van der Waals surface area contributed by atoms with Gasteiger partial charge in [-0.3, -0.25) is 0 Å². The number of hydrogen-bond acceptors (Lipinski definition) is 1. The van der Waals surface area contributed by atoms with Crippen molar-refractivity contribution in [2.45, 2.75) is 13.5 Å². The maximum atomic E-state index is 13.2. The Morgan fingerprint density at radius 1 is 1.50 bits per heavy atom. The molecule has 1 rings (SSSR count). The van der Waals surface area contributed by atoms with Gasteiger partial charge in [0.05, 0.1) is 0 Å². The molecule has 0 radical (unpaired) electrons. The molecule has 1 nitrogen and oxygen atoms in total. The van der Waals surface area contributed by atoms with Crippen LogP contribution < -0.4 is 5.32 Å². The Kier molecular flexibility index (Phi) is 4.84. The highest BCUT2D eigenvalue weighted by Crippen LogP contribution is 2.15. The minimum absolute atomic E-state index is 0.166. The fourth-order valence-corrected chi connectivity index (χ4v) is 1.50. The van der Waals surface area contributed by atoms with Gasteiger partial charge in [-0.15, -0.1) is 0 Å². The lowest BCUT2D eigenvalue weighted by atomic mass is 10.2. The van der Waals surface area contributed by atoms with Crippen molar-refractivity contribution >= 4 is 15.9 Å². The number of benzene rings is 1. The molecule has 1 aromatic rings. The molecule has 0 aliphatic rings. The van der Waals surface area contributed by atoms with E-state index >= 15 is 0 Å². The third-order valence-corrected chi connectivity index (χ3v) is 2.31. The first-order valence-electron chi connectivity index (χ1n) is 4.50. The molecule has 0 amide bonds. The molecular weight excluding hydrogens is 245 g/mol. The zero-order valence-corrected chi connectivity index (χ0v) is 9.64. The van der Waals surface area contributed by atoms with Crippen LogP contribution in [0.1, 0.15) is 12.5 Å². The summed E-state index contributed by atoms with van der Waals surface area (Å²) in [6.07, 6.45) is 3.96. The van der Waals surface area contributed by atoms with E-state index in [0.717, 1.165) is 11.0 Å². The summed E-state index contributed by atoms with van der Waals surface area (Å²) in [5.41, 5.74) is 0.684. The van der Waals surface area contributed by atoms with Gasteiger partial charge < -0.3 is 5.32 Å². The van der Waals surface area contributed by atoms with Crippen molar-refractivity contribution in [3.05, 3.63) is 46.2 Å². The Labute approximate surface area is 92.1 Å². The highest BCUT2D eigenvalue weighted by atomic mass is 79.9. The van der Waals surface area contributed by atoms with Crippen molar-refractivity contribution in [2.75, 3.05) is 6.54 Å². The van der Waals surface area contributed by atoms with Crippen LogP contribution in [-0.4, -0.2) is 6.54 Å². The number of nitrogens with one attached hydrogen (secondary N) is 1. The molecule has 76 valence electrons. The van der Waals surface area contributed by atoms with E-state index in [2.05, 4.69) is 21.2 Å². The Bertz CT molecular complexity index is 323. The van der Waals surface area contributed by atoms with Crippen molar-refractivity contribution in [2.24, 2.45) is 0 Å². The molecule has 0 heterocycles. The highest BCUT2D eigenvalue weighted by Gasteiger charge is 2.00. The van der Waals surface area contributed by atoms with Gasteiger partial charge in [-0.05, 0) is 25.1 Å². The molecular formula is C11H13BrFN. The zero-order chi connectivity index (χ0) is 10.4. The molecule has 0 bridgehead atoms. The van der Waals surface area contributed by atoms with Crippen molar-refractivity contribution in [3.63, 3.8) is 0 Å². The maximum absolute atomic E-state index is 13.2. The Morgan fingerprint density at radius 2 is 2.29 bits per heavy atom. The second-order valence-corrected chi connectivity index (χ2v) is 3.85. The third kappa shape index (κ3) is 3.60. The average molecular weight is 258 g/mol. The lowest BCUT2D eigenvalue weighted by Crippen LogP contribution is -2.13. The number of halogens is 2. The van der Waals surface area contributed by atoms with Crippen molar-refractivity contribution < 1.29 is 4.39 Å². The topological polar surface area (TPSA) is 12.0 Å². The smallest absolute Gasteiger partial charge is 0.127 e. The first-order chi connectivity index (χ1) is 6.74. The fraction of sp³-hybridized carbons (Fsp3) is 0.273.